The van der Waals surface area contributed by atoms with Crippen LogP contribution in [0.15, 0.2) is 40.9 Å². The molecule has 0 saturated carbocycles. The van der Waals surface area contributed by atoms with E-state index in [0.29, 0.717) is 16.6 Å². The van der Waals surface area contributed by atoms with E-state index in [4.69, 9.17) is 4.74 Å². The number of nitrogens with one attached hydrogen (secondary N) is 1. The van der Waals surface area contributed by atoms with Crippen LogP contribution in [0.25, 0.3) is 0 Å². The van der Waals surface area contributed by atoms with Crippen molar-refractivity contribution in [2.45, 2.75) is 13.5 Å². The molecule has 0 heterocycles. The number of hydrogen-bond acceptors (Lipinski definition) is 3. The Morgan fingerprint density at radius 2 is 2.05 bits per heavy atom. The number of halogens is 2. The molecule has 0 unspecified atom stereocenters. The first-order chi connectivity index (χ1) is 10.0. The number of carbonyl (C=O) groups excluding carboxylic acids is 1. The van der Waals surface area contributed by atoms with E-state index in [9.17, 15) is 9.18 Å². The molecular weight excluding hydrogens is 337 g/mol. The molecule has 21 heavy (non-hydrogen) atoms. The Hall–Kier alpha value is -1.88. The fraction of sp³-hybridized carbons (Fsp3) is 0.188. The second-order valence-corrected chi connectivity index (χ2v) is 5.44. The van der Waals surface area contributed by atoms with Crippen molar-refractivity contribution in [2.75, 3.05) is 12.4 Å². The first kappa shape index (κ1) is 15.5. The molecular formula is C16H15BrFNO2. The minimum absolute atomic E-state index is 0.298. The normalized spacial score (nSPS) is 10.3. The van der Waals surface area contributed by atoms with Crippen LogP contribution in [0.2, 0.25) is 0 Å². The lowest BCUT2D eigenvalue weighted by Gasteiger charge is -2.13. The van der Waals surface area contributed by atoms with Crippen molar-refractivity contribution in [3.63, 3.8) is 0 Å². The summed E-state index contributed by atoms with van der Waals surface area (Å²) in [6.07, 6.45) is 0. The second-order valence-electron chi connectivity index (χ2n) is 4.58. The van der Waals surface area contributed by atoms with Crippen molar-refractivity contribution in [2.24, 2.45) is 0 Å². The van der Waals surface area contributed by atoms with Gasteiger partial charge in [-0.1, -0.05) is 18.2 Å². The van der Waals surface area contributed by atoms with Gasteiger partial charge in [-0.15, -0.1) is 0 Å². The Balaban J connectivity index is 2.21. The average molecular weight is 352 g/mol. The monoisotopic (exact) mass is 351 g/mol. The van der Waals surface area contributed by atoms with E-state index in [1.165, 1.54) is 13.2 Å². The zero-order chi connectivity index (χ0) is 15.4. The molecule has 0 spiro atoms. The van der Waals surface area contributed by atoms with E-state index < -0.39 is 0 Å². The van der Waals surface area contributed by atoms with Gasteiger partial charge in [0.15, 0.2) is 0 Å². The quantitative estimate of drug-likeness (QED) is 0.834. The maximum absolute atomic E-state index is 13.4. The number of benzene rings is 2. The molecule has 0 aliphatic heterocycles. The molecule has 0 saturated heterocycles. The van der Waals surface area contributed by atoms with E-state index in [1.807, 2.05) is 19.1 Å². The summed E-state index contributed by atoms with van der Waals surface area (Å²) in [6, 6.07) is 10.4. The summed E-state index contributed by atoms with van der Waals surface area (Å²) in [5.41, 5.74) is 2.95. The van der Waals surface area contributed by atoms with Crippen LogP contribution >= 0.6 is 15.9 Å². The number of aryl methyl sites for hydroxylation is 1. The molecule has 0 fully saturated rings. The lowest BCUT2D eigenvalue weighted by atomic mass is 10.1. The van der Waals surface area contributed by atoms with Gasteiger partial charge in [0.25, 0.3) is 0 Å². The smallest absolute Gasteiger partial charge is 0.338 e. The predicted molar refractivity (Wildman–Crippen MR) is 83.9 cm³/mol. The molecule has 0 aromatic heterocycles. The fourth-order valence-corrected chi connectivity index (χ4v) is 2.35. The highest BCUT2D eigenvalue weighted by molar-refractivity contribution is 9.10. The van der Waals surface area contributed by atoms with E-state index in [2.05, 4.69) is 21.2 Å². The highest BCUT2D eigenvalue weighted by Crippen LogP contribution is 2.25. The summed E-state index contributed by atoms with van der Waals surface area (Å²) in [5, 5.41) is 3.21. The molecule has 0 aliphatic rings. The number of carbonyl (C=O) groups is 1. The molecule has 0 aliphatic carbocycles. The zero-order valence-electron chi connectivity index (χ0n) is 11.7. The summed E-state index contributed by atoms with van der Waals surface area (Å²) in [5.74, 6) is -0.669. The van der Waals surface area contributed by atoms with Gasteiger partial charge in [-0.05, 0) is 52.2 Å². The van der Waals surface area contributed by atoms with Crippen molar-refractivity contribution >= 4 is 27.6 Å². The number of esters is 1. The van der Waals surface area contributed by atoms with Crippen LogP contribution in [0.3, 0.4) is 0 Å². The van der Waals surface area contributed by atoms with Crippen LogP contribution in [0.4, 0.5) is 10.1 Å². The summed E-state index contributed by atoms with van der Waals surface area (Å²) in [4.78, 5) is 11.7. The highest BCUT2D eigenvalue weighted by atomic mass is 79.9. The van der Waals surface area contributed by atoms with E-state index in [-0.39, 0.29) is 11.8 Å². The van der Waals surface area contributed by atoms with Gasteiger partial charge in [0.2, 0.25) is 0 Å². The van der Waals surface area contributed by atoms with Gasteiger partial charge in [-0.3, -0.25) is 0 Å². The van der Waals surface area contributed by atoms with E-state index >= 15 is 0 Å². The van der Waals surface area contributed by atoms with Gasteiger partial charge in [0, 0.05) is 12.2 Å². The lowest BCUT2D eigenvalue weighted by molar-refractivity contribution is 0.0599. The minimum atomic E-state index is -0.371. The number of ether oxygens (including phenoxy) is 1. The van der Waals surface area contributed by atoms with Gasteiger partial charge >= 0.3 is 5.97 Å². The van der Waals surface area contributed by atoms with Gasteiger partial charge in [-0.25, -0.2) is 9.18 Å². The van der Waals surface area contributed by atoms with Crippen LogP contribution in [0.1, 0.15) is 21.5 Å². The molecule has 5 heteroatoms. The van der Waals surface area contributed by atoms with Gasteiger partial charge in [0.05, 0.1) is 17.1 Å². The van der Waals surface area contributed by atoms with Crippen molar-refractivity contribution < 1.29 is 13.9 Å². The topological polar surface area (TPSA) is 38.3 Å². The highest BCUT2D eigenvalue weighted by Gasteiger charge is 2.11. The largest absolute Gasteiger partial charge is 0.465 e. The maximum Gasteiger partial charge on any atom is 0.338 e. The van der Waals surface area contributed by atoms with Gasteiger partial charge in [-0.2, -0.15) is 0 Å². The van der Waals surface area contributed by atoms with Gasteiger partial charge < -0.3 is 10.1 Å². The molecule has 110 valence electrons. The minimum Gasteiger partial charge on any atom is -0.465 e. The Bertz CT molecular complexity index is 673. The van der Waals surface area contributed by atoms with Crippen LogP contribution in [0, 0.1) is 12.7 Å². The number of rotatable bonds is 4. The van der Waals surface area contributed by atoms with Crippen molar-refractivity contribution in [3.05, 3.63) is 63.4 Å². The molecule has 2 aromatic rings. The first-order valence-corrected chi connectivity index (χ1v) is 7.18. The predicted octanol–water partition coefficient (Wildman–Crippen LogP) is 4.30. The number of methoxy groups -OCH3 is 1. The third-order valence-electron chi connectivity index (χ3n) is 3.16. The lowest BCUT2D eigenvalue weighted by Crippen LogP contribution is -2.09. The standard InChI is InChI=1S/C16H15BrFNO2/c1-10-7-14(18)13(17)8-15(10)19-9-11-5-3-4-6-12(11)16(20)21-2/h3-8,19H,9H2,1-2H3. The summed E-state index contributed by atoms with van der Waals surface area (Å²) >= 11 is 3.17. The Morgan fingerprint density at radius 3 is 2.76 bits per heavy atom. The first-order valence-electron chi connectivity index (χ1n) is 6.38. The Kier molecular flexibility index (Phi) is 4.96. The van der Waals surface area contributed by atoms with Crippen LogP contribution in [0.5, 0.6) is 0 Å². The number of hydrogen-bond donors (Lipinski definition) is 1. The van der Waals surface area contributed by atoms with Crippen LogP contribution in [-0.2, 0) is 11.3 Å². The fourth-order valence-electron chi connectivity index (χ4n) is 2.01. The van der Waals surface area contributed by atoms with Crippen molar-refractivity contribution in [1.82, 2.24) is 0 Å². The molecule has 0 bridgehead atoms. The maximum atomic E-state index is 13.4. The third-order valence-corrected chi connectivity index (χ3v) is 3.77. The van der Waals surface area contributed by atoms with Crippen molar-refractivity contribution in [3.8, 4) is 0 Å². The van der Waals surface area contributed by atoms with Crippen molar-refractivity contribution in [1.29, 1.82) is 0 Å². The molecule has 0 radical (unpaired) electrons. The van der Waals surface area contributed by atoms with Gasteiger partial charge in [0.1, 0.15) is 5.82 Å². The zero-order valence-corrected chi connectivity index (χ0v) is 13.3. The molecule has 2 aromatic carbocycles. The van der Waals surface area contributed by atoms with E-state index in [1.54, 1.807) is 18.2 Å². The Morgan fingerprint density at radius 1 is 1.33 bits per heavy atom. The second kappa shape index (κ2) is 6.72. The average Bonchev–Trinajstić information content (AvgIpc) is 2.49. The molecule has 1 N–H and O–H groups in total. The Labute approximate surface area is 131 Å². The van der Waals surface area contributed by atoms with E-state index in [0.717, 1.165) is 16.8 Å². The third kappa shape index (κ3) is 3.61. The summed E-state index contributed by atoms with van der Waals surface area (Å²) < 4.78 is 18.6. The molecule has 0 atom stereocenters. The molecule has 3 nitrogen and oxygen atoms in total. The molecule has 0 amide bonds. The summed E-state index contributed by atoms with van der Waals surface area (Å²) in [6.45, 7) is 2.27. The SMILES string of the molecule is COC(=O)c1ccccc1CNc1cc(Br)c(F)cc1C. The van der Waals surface area contributed by atoms with Crippen LogP contribution in [-0.4, -0.2) is 13.1 Å². The summed E-state index contributed by atoms with van der Waals surface area (Å²) in [7, 11) is 1.35. The number of anilines is 1. The van der Waals surface area contributed by atoms with Crippen LogP contribution < -0.4 is 5.32 Å². The molecule has 2 rings (SSSR count).